The standard InChI is InChI=1S/C28H21BFN3O4/c29-17-10-11-21-19(14-17)26(16-6-2-1-3-7-16)27(28(37)31-21)22-15-23(18-8-4-5-9-20(18)30)33(32-22)24(34)12-13-25(35)36/h1-11,14,23H,12-13,15H2,(H,31,37)(H,35,36). The number of aromatic nitrogens is 1. The quantitative estimate of drug-likeness (QED) is 0.400. The molecule has 1 aliphatic heterocycles. The number of rotatable bonds is 6. The molecular weight excluding hydrogens is 472 g/mol. The number of carbonyl (C=O) groups is 2. The molecule has 7 nitrogen and oxygen atoms in total. The minimum absolute atomic E-state index is 0.0660. The van der Waals surface area contributed by atoms with Crippen molar-refractivity contribution < 1.29 is 19.1 Å². The number of nitrogens with zero attached hydrogens (tertiary/aromatic N) is 2. The molecule has 1 unspecified atom stereocenters. The second-order valence-electron chi connectivity index (χ2n) is 8.80. The first-order valence-corrected chi connectivity index (χ1v) is 11.7. The Labute approximate surface area is 212 Å². The van der Waals surface area contributed by atoms with Gasteiger partial charge in [-0.05, 0) is 17.7 Å². The van der Waals surface area contributed by atoms with E-state index in [9.17, 15) is 18.8 Å². The molecule has 1 amide bonds. The van der Waals surface area contributed by atoms with E-state index in [1.54, 1.807) is 30.3 Å². The number of pyridine rings is 1. The van der Waals surface area contributed by atoms with Crippen molar-refractivity contribution >= 4 is 41.8 Å². The number of carboxylic acids is 1. The molecule has 0 saturated heterocycles. The Bertz CT molecular complexity index is 1620. The number of hydrogen-bond acceptors (Lipinski definition) is 4. The summed E-state index contributed by atoms with van der Waals surface area (Å²) < 4.78 is 14.8. The molecular formula is C28H21BFN3O4. The number of nitrogens with one attached hydrogen (secondary N) is 1. The number of hydrazone groups is 1. The van der Waals surface area contributed by atoms with Gasteiger partial charge in [0.1, 0.15) is 13.7 Å². The zero-order chi connectivity index (χ0) is 26.1. The van der Waals surface area contributed by atoms with E-state index in [2.05, 4.69) is 10.1 Å². The second-order valence-corrected chi connectivity index (χ2v) is 8.80. The van der Waals surface area contributed by atoms with Gasteiger partial charge in [-0.3, -0.25) is 14.4 Å². The monoisotopic (exact) mass is 493 g/mol. The Balaban J connectivity index is 1.71. The van der Waals surface area contributed by atoms with Crippen molar-refractivity contribution in [2.24, 2.45) is 5.10 Å². The molecule has 9 heteroatoms. The lowest BCUT2D eigenvalue weighted by Gasteiger charge is -2.22. The molecule has 1 atom stereocenters. The number of aromatic amines is 1. The van der Waals surface area contributed by atoms with E-state index in [4.69, 9.17) is 13.0 Å². The van der Waals surface area contributed by atoms with Gasteiger partial charge in [-0.2, -0.15) is 5.10 Å². The van der Waals surface area contributed by atoms with E-state index in [1.807, 2.05) is 30.3 Å². The maximum absolute atomic E-state index is 14.8. The predicted molar refractivity (Wildman–Crippen MR) is 139 cm³/mol. The maximum atomic E-state index is 14.8. The lowest BCUT2D eigenvalue weighted by atomic mass is 9.88. The Morgan fingerprint density at radius 3 is 2.49 bits per heavy atom. The number of aliphatic carboxylic acids is 1. The SMILES string of the molecule is [B]c1ccc2[nH]c(=O)c(C3=NN(C(=O)CCC(=O)O)C(c4ccccc4F)C3)c(-c3ccccc3)c2c1. The van der Waals surface area contributed by atoms with Gasteiger partial charge in [0.25, 0.3) is 5.56 Å². The second kappa shape index (κ2) is 9.85. The molecule has 0 spiro atoms. The van der Waals surface area contributed by atoms with Gasteiger partial charge in [0.2, 0.25) is 5.91 Å². The van der Waals surface area contributed by atoms with Gasteiger partial charge < -0.3 is 10.1 Å². The molecule has 0 fully saturated rings. The molecule has 5 rings (SSSR count). The van der Waals surface area contributed by atoms with Crippen molar-refractivity contribution in [3.63, 3.8) is 0 Å². The molecule has 182 valence electrons. The van der Waals surface area contributed by atoms with E-state index in [1.165, 1.54) is 12.1 Å². The molecule has 0 aliphatic carbocycles. The van der Waals surface area contributed by atoms with Crippen LogP contribution < -0.4 is 11.0 Å². The average Bonchev–Trinajstić information content (AvgIpc) is 3.32. The van der Waals surface area contributed by atoms with Crippen LogP contribution in [0.15, 0.2) is 82.7 Å². The van der Waals surface area contributed by atoms with Crippen LogP contribution in [0.2, 0.25) is 0 Å². The van der Waals surface area contributed by atoms with Crippen molar-refractivity contribution in [2.75, 3.05) is 0 Å². The van der Waals surface area contributed by atoms with Gasteiger partial charge in [-0.25, -0.2) is 9.40 Å². The van der Waals surface area contributed by atoms with Gasteiger partial charge in [0, 0.05) is 34.9 Å². The van der Waals surface area contributed by atoms with Crippen LogP contribution in [0.25, 0.3) is 22.0 Å². The fourth-order valence-corrected chi connectivity index (χ4v) is 4.70. The summed E-state index contributed by atoms with van der Waals surface area (Å²) in [6.07, 6.45) is -0.640. The molecule has 1 aliphatic rings. The van der Waals surface area contributed by atoms with E-state index in [0.717, 1.165) is 10.6 Å². The lowest BCUT2D eigenvalue weighted by Crippen LogP contribution is -2.28. The fraction of sp³-hybridized carbons (Fsp3) is 0.143. The van der Waals surface area contributed by atoms with Crippen LogP contribution in [0.3, 0.4) is 0 Å². The number of carbonyl (C=O) groups excluding carboxylic acids is 1. The summed E-state index contributed by atoms with van der Waals surface area (Å²) in [7, 11) is 6.08. The molecule has 3 aromatic carbocycles. The van der Waals surface area contributed by atoms with Crippen LogP contribution in [0, 0.1) is 5.82 Å². The van der Waals surface area contributed by atoms with E-state index >= 15 is 0 Å². The molecule has 2 radical (unpaired) electrons. The zero-order valence-corrected chi connectivity index (χ0v) is 19.6. The van der Waals surface area contributed by atoms with Crippen molar-refractivity contribution in [1.82, 2.24) is 9.99 Å². The van der Waals surface area contributed by atoms with Crippen LogP contribution in [0.4, 0.5) is 4.39 Å². The topological polar surface area (TPSA) is 103 Å². The Kier molecular flexibility index (Phi) is 6.44. The third-order valence-corrected chi connectivity index (χ3v) is 6.37. The number of halogens is 1. The minimum atomic E-state index is -1.13. The molecule has 0 saturated carbocycles. The van der Waals surface area contributed by atoms with Crippen LogP contribution in [-0.2, 0) is 9.59 Å². The summed E-state index contributed by atoms with van der Waals surface area (Å²) >= 11 is 0. The highest BCUT2D eigenvalue weighted by molar-refractivity contribution is 6.33. The molecule has 2 heterocycles. The van der Waals surface area contributed by atoms with Gasteiger partial charge in [0.05, 0.1) is 23.7 Å². The van der Waals surface area contributed by atoms with E-state index < -0.39 is 35.7 Å². The van der Waals surface area contributed by atoms with Crippen LogP contribution >= 0.6 is 0 Å². The van der Waals surface area contributed by atoms with E-state index in [-0.39, 0.29) is 24.0 Å². The molecule has 1 aromatic heterocycles. The normalized spacial score (nSPS) is 15.1. The number of carboxylic acid groups (broad SMARTS) is 1. The highest BCUT2D eigenvalue weighted by Gasteiger charge is 2.36. The first kappa shape index (κ1) is 24.2. The van der Waals surface area contributed by atoms with Crippen molar-refractivity contribution in [2.45, 2.75) is 25.3 Å². The number of fused-ring (bicyclic) bond motifs is 1. The molecule has 2 N–H and O–H groups in total. The van der Waals surface area contributed by atoms with Gasteiger partial charge in [0.15, 0.2) is 0 Å². The first-order chi connectivity index (χ1) is 17.8. The smallest absolute Gasteiger partial charge is 0.303 e. The third-order valence-electron chi connectivity index (χ3n) is 6.37. The predicted octanol–water partition coefficient (Wildman–Crippen LogP) is 3.67. The van der Waals surface area contributed by atoms with Crippen LogP contribution in [-0.4, -0.2) is 40.5 Å². The number of hydrogen-bond donors (Lipinski definition) is 2. The summed E-state index contributed by atoms with van der Waals surface area (Å²) in [6, 6.07) is 19.6. The minimum Gasteiger partial charge on any atom is -0.481 e. The van der Waals surface area contributed by atoms with Gasteiger partial charge >= 0.3 is 5.97 Å². The first-order valence-electron chi connectivity index (χ1n) is 11.7. The largest absolute Gasteiger partial charge is 0.481 e. The summed E-state index contributed by atoms with van der Waals surface area (Å²) in [5, 5.41) is 15.4. The zero-order valence-electron chi connectivity index (χ0n) is 19.6. The molecule has 37 heavy (non-hydrogen) atoms. The van der Waals surface area contributed by atoms with Crippen molar-refractivity contribution in [3.05, 3.63) is 100 Å². The summed E-state index contributed by atoms with van der Waals surface area (Å²) in [6.45, 7) is 0. The maximum Gasteiger partial charge on any atom is 0.303 e. The Hall–Kier alpha value is -4.53. The Morgan fingerprint density at radius 2 is 1.76 bits per heavy atom. The van der Waals surface area contributed by atoms with Crippen molar-refractivity contribution in [1.29, 1.82) is 0 Å². The molecule has 4 aromatic rings. The number of benzene rings is 3. The summed E-state index contributed by atoms with van der Waals surface area (Å²) in [4.78, 5) is 40.5. The number of H-pyrrole nitrogens is 1. The van der Waals surface area contributed by atoms with Gasteiger partial charge in [-0.15, -0.1) is 0 Å². The fourth-order valence-electron chi connectivity index (χ4n) is 4.70. The van der Waals surface area contributed by atoms with Crippen LogP contribution in [0.1, 0.15) is 36.4 Å². The van der Waals surface area contributed by atoms with Gasteiger partial charge in [-0.1, -0.05) is 66.1 Å². The third kappa shape index (κ3) is 4.68. The number of amides is 1. The van der Waals surface area contributed by atoms with Crippen LogP contribution in [0.5, 0.6) is 0 Å². The van der Waals surface area contributed by atoms with Crippen molar-refractivity contribution in [3.8, 4) is 11.1 Å². The highest BCUT2D eigenvalue weighted by Crippen LogP contribution is 2.37. The average molecular weight is 493 g/mol. The summed E-state index contributed by atoms with van der Waals surface area (Å²) in [5.41, 5.74) is 2.79. The lowest BCUT2D eigenvalue weighted by molar-refractivity contribution is -0.141. The Morgan fingerprint density at radius 1 is 1.03 bits per heavy atom. The molecule has 0 bridgehead atoms. The summed E-state index contributed by atoms with van der Waals surface area (Å²) in [5.74, 6) is -2.23. The highest BCUT2D eigenvalue weighted by atomic mass is 19.1. The van der Waals surface area contributed by atoms with E-state index in [0.29, 0.717) is 27.6 Å².